The van der Waals surface area contributed by atoms with Crippen molar-refractivity contribution in [2.45, 2.75) is 19.3 Å². The highest BCUT2D eigenvalue weighted by atomic mass is 35.5. The molecule has 1 saturated carbocycles. The number of nitro groups is 1. The molecule has 1 aliphatic rings. The van der Waals surface area contributed by atoms with Crippen LogP contribution >= 0.6 is 11.6 Å². The Morgan fingerprint density at radius 3 is 2.71 bits per heavy atom. The molecule has 5 nitrogen and oxygen atoms in total. The van der Waals surface area contributed by atoms with Crippen molar-refractivity contribution in [1.29, 1.82) is 0 Å². The third kappa shape index (κ3) is 2.55. The van der Waals surface area contributed by atoms with Crippen molar-refractivity contribution >= 4 is 28.9 Å². The molecule has 1 N–H and O–H groups in total. The SMILES string of the molecule is O=C(Nc1ccc(Cl)c([N+](=O)[O-])c1)C1CCC1. The van der Waals surface area contributed by atoms with Gasteiger partial charge in [-0.3, -0.25) is 14.9 Å². The summed E-state index contributed by atoms with van der Waals surface area (Å²) >= 11 is 5.67. The number of hydrogen-bond acceptors (Lipinski definition) is 3. The number of nitro benzene ring substituents is 1. The van der Waals surface area contributed by atoms with Gasteiger partial charge in [0.25, 0.3) is 5.69 Å². The van der Waals surface area contributed by atoms with Crippen LogP contribution in [0.15, 0.2) is 18.2 Å². The molecular formula is C11H11ClN2O3. The largest absolute Gasteiger partial charge is 0.326 e. The second kappa shape index (κ2) is 4.71. The van der Waals surface area contributed by atoms with Crippen molar-refractivity contribution in [2.24, 2.45) is 5.92 Å². The molecule has 1 amide bonds. The average Bonchev–Trinajstić information content (AvgIpc) is 2.17. The highest BCUT2D eigenvalue weighted by Gasteiger charge is 2.25. The molecule has 1 aromatic carbocycles. The molecule has 0 atom stereocenters. The van der Waals surface area contributed by atoms with E-state index in [1.54, 1.807) is 6.07 Å². The molecule has 0 unspecified atom stereocenters. The van der Waals surface area contributed by atoms with Gasteiger partial charge in [0.15, 0.2) is 0 Å². The maximum absolute atomic E-state index is 11.6. The Hall–Kier alpha value is -1.62. The number of amides is 1. The Kier molecular flexibility index (Phi) is 3.28. The van der Waals surface area contributed by atoms with Crippen molar-refractivity contribution in [3.63, 3.8) is 0 Å². The molecule has 0 heterocycles. The summed E-state index contributed by atoms with van der Waals surface area (Å²) < 4.78 is 0. The number of anilines is 1. The van der Waals surface area contributed by atoms with Crippen LogP contribution in [0.4, 0.5) is 11.4 Å². The van der Waals surface area contributed by atoms with Crippen LogP contribution in [0.25, 0.3) is 0 Å². The quantitative estimate of drug-likeness (QED) is 0.666. The first kappa shape index (κ1) is 11.9. The van der Waals surface area contributed by atoms with Crippen LogP contribution in [0.2, 0.25) is 5.02 Å². The van der Waals surface area contributed by atoms with E-state index in [2.05, 4.69) is 5.32 Å². The van der Waals surface area contributed by atoms with Crippen molar-refractivity contribution in [2.75, 3.05) is 5.32 Å². The van der Waals surface area contributed by atoms with Gasteiger partial charge >= 0.3 is 0 Å². The van der Waals surface area contributed by atoms with Gasteiger partial charge < -0.3 is 5.32 Å². The summed E-state index contributed by atoms with van der Waals surface area (Å²) in [5.41, 5.74) is 0.219. The summed E-state index contributed by atoms with van der Waals surface area (Å²) in [4.78, 5) is 21.7. The van der Waals surface area contributed by atoms with Gasteiger partial charge in [0, 0.05) is 17.7 Å². The van der Waals surface area contributed by atoms with E-state index in [0.29, 0.717) is 5.69 Å². The normalized spacial score (nSPS) is 15.1. The maximum atomic E-state index is 11.6. The fraction of sp³-hybridized carbons (Fsp3) is 0.364. The van der Waals surface area contributed by atoms with Gasteiger partial charge in [-0.05, 0) is 25.0 Å². The lowest BCUT2D eigenvalue weighted by Gasteiger charge is -2.23. The van der Waals surface area contributed by atoms with Crippen LogP contribution in [0, 0.1) is 16.0 Å². The van der Waals surface area contributed by atoms with Gasteiger partial charge in [0.05, 0.1) is 4.92 Å². The molecule has 1 fully saturated rings. The van der Waals surface area contributed by atoms with E-state index in [-0.39, 0.29) is 22.5 Å². The average molecular weight is 255 g/mol. The minimum Gasteiger partial charge on any atom is -0.326 e. The molecule has 0 spiro atoms. The monoisotopic (exact) mass is 254 g/mol. The number of benzene rings is 1. The predicted molar refractivity (Wildman–Crippen MR) is 64.1 cm³/mol. The molecule has 1 aromatic rings. The summed E-state index contributed by atoms with van der Waals surface area (Å²) in [6, 6.07) is 4.25. The number of carbonyl (C=O) groups excluding carboxylic acids is 1. The number of rotatable bonds is 3. The first-order chi connectivity index (χ1) is 8.08. The Balaban J connectivity index is 2.13. The Morgan fingerprint density at radius 1 is 1.47 bits per heavy atom. The molecule has 0 saturated heterocycles. The number of nitrogens with zero attached hydrogens (tertiary/aromatic N) is 1. The fourth-order valence-electron chi connectivity index (χ4n) is 1.65. The summed E-state index contributed by atoms with van der Waals surface area (Å²) in [5.74, 6) is -0.0300. The van der Waals surface area contributed by atoms with E-state index in [9.17, 15) is 14.9 Å². The van der Waals surface area contributed by atoms with Crippen LogP contribution in [-0.4, -0.2) is 10.8 Å². The minimum atomic E-state index is -0.568. The van der Waals surface area contributed by atoms with Gasteiger partial charge in [-0.2, -0.15) is 0 Å². The lowest BCUT2D eigenvalue weighted by atomic mass is 9.85. The van der Waals surface area contributed by atoms with Gasteiger partial charge in [-0.1, -0.05) is 18.0 Å². The van der Waals surface area contributed by atoms with Crippen LogP contribution in [-0.2, 0) is 4.79 Å². The number of halogens is 1. The molecule has 90 valence electrons. The zero-order chi connectivity index (χ0) is 12.4. The van der Waals surface area contributed by atoms with E-state index in [0.717, 1.165) is 19.3 Å². The summed E-state index contributed by atoms with van der Waals surface area (Å²) in [6.07, 6.45) is 2.85. The predicted octanol–water partition coefficient (Wildman–Crippen LogP) is 2.99. The van der Waals surface area contributed by atoms with Crippen LogP contribution in [0.3, 0.4) is 0 Å². The molecule has 2 rings (SSSR count). The second-order valence-corrected chi connectivity index (χ2v) is 4.45. The molecular weight excluding hydrogens is 244 g/mol. The Morgan fingerprint density at radius 2 is 2.18 bits per heavy atom. The summed E-state index contributed by atoms with van der Waals surface area (Å²) in [5, 5.41) is 13.4. The van der Waals surface area contributed by atoms with Gasteiger partial charge in [0.1, 0.15) is 5.02 Å². The van der Waals surface area contributed by atoms with E-state index in [4.69, 9.17) is 11.6 Å². The van der Waals surface area contributed by atoms with Crippen LogP contribution in [0.1, 0.15) is 19.3 Å². The van der Waals surface area contributed by atoms with Crippen LogP contribution < -0.4 is 5.32 Å². The maximum Gasteiger partial charge on any atom is 0.289 e. The molecule has 17 heavy (non-hydrogen) atoms. The Labute approximate surface area is 103 Å². The molecule has 0 aromatic heterocycles. The van der Waals surface area contributed by atoms with E-state index >= 15 is 0 Å². The van der Waals surface area contributed by atoms with Crippen molar-refractivity contribution in [3.8, 4) is 0 Å². The molecule has 0 radical (unpaired) electrons. The van der Waals surface area contributed by atoms with Gasteiger partial charge in [0.2, 0.25) is 5.91 Å². The lowest BCUT2D eigenvalue weighted by Crippen LogP contribution is -2.28. The fourth-order valence-corrected chi connectivity index (χ4v) is 1.83. The minimum absolute atomic E-state index is 0.0461. The smallest absolute Gasteiger partial charge is 0.289 e. The third-order valence-corrected chi connectivity index (χ3v) is 3.21. The number of hydrogen-bond donors (Lipinski definition) is 1. The van der Waals surface area contributed by atoms with E-state index in [1.807, 2.05) is 0 Å². The van der Waals surface area contributed by atoms with Crippen LogP contribution in [0.5, 0.6) is 0 Å². The Bertz CT molecular complexity index is 472. The standard InChI is InChI=1S/C11H11ClN2O3/c12-9-5-4-8(6-10(9)14(16)17)13-11(15)7-2-1-3-7/h4-7H,1-3H2,(H,13,15). The molecule has 1 aliphatic carbocycles. The highest BCUT2D eigenvalue weighted by molar-refractivity contribution is 6.32. The zero-order valence-electron chi connectivity index (χ0n) is 8.98. The molecule has 0 aliphatic heterocycles. The van der Waals surface area contributed by atoms with Gasteiger partial charge in [-0.25, -0.2) is 0 Å². The lowest BCUT2D eigenvalue weighted by molar-refractivity contribution is -0.384. The summed E-state index contributed by atoms with van der Waals surface area (Å²) in [6.45, 7) is 0. The first-order valence-corrected chi connectivity index (χ1v) is 5.70. The van der Waals surface area contributed by atoms with E-state index < -0.39 is 4.92 Å². The number of carbonyl (C=O) groups is 1. The summed E-state index contributed by atoms with van der Waals surface area (Å²) in [7, 11) is 0. The van der Waals surface area contributed by atoms with Gasteiger partial charge in [-0.15, -0.1) is 0 Å². The second-order valence-electron chi connectivity index (χ2n) is 4.04. The van der Waals surface area contributed by atoms with Crippen molar-refractivity contribution in [3.05, 3.63) is 33.3 Å². The topological polar surface area (TPSA) is 72.2 Å². The highest BCUT2D eigenvalue weighted by Crippen LogP contribution is 2.30. The van der Waals surface area contributed by atoms with Crippen molar-refractivity contribution in [1.82, 2.24) is 0 Å². The first-order valence-electron chi connectivity index (χ1n) is 5.33. The molecule has 6 heteroatoms. The third-order valence-electron chi connectivity index (χ3n) is 2.89. The van der Waals surface area contributed by atoms with Crippen molar-refractivity contribution < 1.29 is 9.72 Å². The zero-order valence-corrected chi connectivity index (χ0v) is 9.74. The van der Waals surface area contributed by atoms with E-state index in [1.165, 1.54) is 12.1 Å². The molecule has 0 bridgehead atoms. The number of nitrogens with one attached hydrogen (secondary N) is 1.